The predicted octanol–water partition coefficient (Wildman–Crippen LogP) is 2.79. The first-order valence-electron chi connectivity index (χ1n) is 9.73. The van der Waals surface area contributed by atoms with Gasteiger partial charge in [0.15, 0.2) is 5.82 Å². The van der Waals surface area contributed by atoms with Crippen LogP contribution >= 0.6 is 0 Å². The third-order valence-electron chi connectivity index (χ3n) is 4.74. The van der Waals surface area contributed by atoms with E-state index in [2.05, 4.69) is 14.8 Å². The lowest BCUT2D eigenvalue weighted by atomic mass is 10.2. The summed E-state index contributed by atoms with van der Waals surface area (Å²) in [6.07, 6.45) is -2.53. The number of hydroxylamine groups is 1. The number of alkyl halides is 3. The van der Waals surface area contributed by atoms with Crippen molar-refractivity contribution in [3.05, 3.63) is 30.1 Å². The highest BCUT2D eigenvalue weighted by molar-refractivity contribution is 7.88. The Morgan fingerprint density at radius 3 is 2.56 bits per heavy atom. The molecule has 0 fully saturated rings. The van der Waals surface area contributed by atoms with Crippen molar-refractivity contribution in [2.75, 3.05) is 18.5 Å². The first-order valence-corrected chi connectivity index (χ1v) is 11.6. The first kappa shape index (κ1) is 23.7. The molecule has 13 heteroatoms. The van der Waals surface area contributed by atoms with Crippen molar-refractivity contribution < 1.29 is 31.2 Å². The molecule has 0 spiro atoms. The number of benzene rings is 1. The van der Waals surface area contributed by atoms with Crippen molar-refractivity contribution in [1.82, 2.24) is 19.0 Å². The van der Waals surface area contributed by atoms with Crippen LogP contribution in [-0.2, 0) is 32.6 Å². The summed E-state index contributed by atoms with van der Waals surface area (Å²) in [5.41, 5.74) is 7.66. The fourth-order valence-electron chi connectivity index (χ4n) is 3.28. The van der Waals surface area contributed by atoms with Crippen molar-refractivity contribution in [2.45, 2.75) is 38.9 Å². The molecular weight excluding hydrogens is 451 g/mol. The first-order chi connectivity index (χ1) is 14.9. The topological polar surface area (TPSA) is 120 Å². The Hall–Kier alpha value is -2.93. The lowest BCUT2D eigenvalue weighted by Crippen LogP contribution is -2.39. The maximum Gasteiger partial charge on any atom is 0.492 e. The summed E-state index contributed by atoms with van der Waals surface area (Å²) in [7, 11) is -4.29. The Kier molecular flexibility index (Phi) is 6.60. The highest BCUT2D eigenvalue weighted by atomic mass is 32.2. The fraction of sp³-hybridized carbons (Fsp3) is 0.421. The van der Waals surface area contributed by atoms with Gasteiger partial charge in [0.2, 0.25) is 10.0 Å². The van der Waals surface area contributed by atoms with E-state index in [-0.39, 0.29) is 16.8 Å². The van der Waals surface area contributed by atoms with Crippen molar-refractivity contribution in [1.29, 1.82) is 0 Å². The minimum atomic E-state index is -5.34. The molecule has 0 bridgehead atoms. The van der Waals surface area contributed by atoms with Gasteiger partial charge < -0.3 is 15.1 Å². The molecule has 0 saturated carbocycles. The second kappa shape index (κ2) is 8.90. The molecule has 3 rings (SSSR count). The summed E-state index contributed by atoms with van der Waals surface area (Å²) < 4.78 is 63.5. The van der Waals surface area contributed by atoms with Gasteiger partial charge >= 0.3 is 12.1 Å². The van der Waals surface area contributed by atoms with Gasteiger partial charge in [0.05, 0.1) is 23.8 Å². The summed E-state index contributed by atoms with van der Waals surface area (Å²) in [5, 5.41) is 0.699. The lowest BCUT2D eigenvalue weighted by molar-refractivity contribution is -0.222. The molecule has 0 amide bonds. The zero-order chi connectivity index (χ0) is 23.7. The number of carbonyl (C=O) groups excluding carboxylic acids is 1. The van der Waals surface area contributed by atoms with Crippen LogP contribution in [0.5, 0.6) is 0 Å². The second-order valence-corrected chi connectivity index (χ2v) is 9.03. The number of anilines is 1. The number of sulfonamides is 1. The molecule has 174 valence electrons. The highest BCUT2D eigenvalue weighted by Crippen LogP contribution is 2.29. The van der Waals surface area contributed by atoms with Crippen LogP contribution in [0, 0.1) is 0 Å². The molecule has 0 aliphatic rings. The van der Waals surface area contributed by atoms with Gasteiger partial charge in [-0.2, -0.15) is 13.2 Å². The zero-order valence-corrected chi connectivity index (χ0v) is 18.2. The fourth-order valence-corrected chi connectivity index (χ4v) is 3.89. The maximum atomic E-state index is 12.6. The Balaban J connectivity index is 2.06. The molecule has 0 aliphatic carbocycles. The molecular formula is C19H22F3N5O4S. The minimum Gasteiger partial charge on any atom is -0.382 e. The average Bonchev–Trinajstić information content (AvgIpc) is 3.07. The molecule has 32 heavy (non-hydrogen) atoms. The van der Waals surface area contributed by atoms with E-state index >= 15 is 0 Å². The Morgan fingerprint density at radius 1 is 1.25 bits per heavy atom. The van der Waals surface area contributed by atoms with E-state index < -0.39 is 28.7 Å². The van der Waals surface area contributed by atoms with Gasteiger partial charge in [-0.25, -0.2) is 23.2 Å². The predicted molar refractivity (Wildman–Crippen MR) is 112 cm³/mol. The number of para-hydroxylation sites is 1. The number of nitrogens with two attached hydrogens (primary N) is 1. The van der Waals surface area contributed by atoms with Crippen LogP contribution in [-0.4, -0.2) is 52.4 Å². The van der Waals surface area contributed by atoms with Gasteiger partial charge in [0.1, 0.15) is 11.3 Å². The van der Waals surface area contributed by atoms with E-state index in [9.17, 15) is 26.4 Å². The van der Waals surface area contributed by atoms with Crippen molar-refractivity contribution in [3.8, 4) is 0 Å². The number of aromatic nitrogens is 3. The summed E-state index contributed by atoms with van der Waals surface area (Å²) in [4.78, 5) is 24.3. The van der Waals surface area contributed by atoms with E-state index in [1.54, 1.807) is 28.8 Å². The summed E-state index contributed by atoms with van der Waals surface area (Å²) >= 11 is 0. The number of halogens is 3. The van der Waals surface area contributed by atoms with Crippen LogP contribution in [0.25, 0.3) is 21.9 Å². The number of carbonyl (C=O) groups is 1. The molecule has 0 unspecified atom stereocenters. The zero-order valence-electron chi connectivity index (χ0n) is 17.4. The molecule has 0 atom stereocenters. The molecule has 9 nitrogen and oxygen atoms in total. The molecule has 3 aromatic rings. The molecule has 2 heterocycles. The number of imidazole rings is 1. The van der Waals surface area contributed by atoms with Gasteiger partial charge in [-0.15, -0.1) is 0 Å². The number of fused-ring (bicyclic) bond motifs is 3. The van der Waals surface area contributed by atoms with E-state index in [4.69, 9.17) is 5.73 Å². The molecule has 2 aromatic heterocycles. The molecule has 2 N–H and O–H groups in total. The lowest BCUT2D eigenvalue weighted by Gasteiger charge is -2.20. The number of nitrogens with zero attached hydrogens (tertiary/aromatic N) is 4. The summed E-state index contributed by atoms with van der Waals surface area (Å²) in [6.45, 7) is 1.31. The maximum absolute atomic E-state index is 12.6. The summed E-state index contributed by atoms with van der Waals surface area (Å²) in [6, 6.07) is 7.11. The van der Waals surface area contributed by atoms with Gasteiger partial charge in [0, 0.05) is 18.4 Å². The minimum absolute atomic E-state index is 0.0327. The van der Waals surface area contributed by atoms with Gasteiger partial charge in [-0.05, 0) is 17.0 Å². The SMILES string of the molecule is CCCCc1nc2c(N)nc3ccccc3c2n1CCN(OC(=O)C(F)(F)F)S(C)(=O)=O. The van der Waals surface area contributed by atoms with Gasteiger partial charge in [-0.1, -0.05) is 31.5 Å². The quantitative estimate of drug-likeness (QED) is 0.500. The average molecular weight is 473 g/mol. The Bertz CT molecular complexity index is 1260. The van der Waals surface area contributed by atoms with Crippen LogP contribution < -0.4 is 5.73 Å². The highest BCUT2D eigenvalue weighted by Gasteiger charge is 2.43. The molecule has 0 aliphatic heterocycles. The number of pyridine rings is 1. The number of rotatable bonds is 8. The molecule has 0 radical (unpaired) electrons. The van der Waals surface area contributed by atoms with Crippen LogP contribution in [0.1, 0.15) is 25.6 Å². The number of hydrogen-bond acceptors (Lipinski definition) is 7. The number of nitrogen functional groups attached to an aromatic ring is 1. The van der Waals surface area contributed by atoms with Crippen LogP contribution in [0.15, 0.2) is 24.3 Å². The number of aryl methyl sites for hydroxylation is 1. The van der Waals surface area contributed by atoms with E-state index in [0.717, 1.165) is 12.8 Å². The van der Waals surface area contributed by atoms with Crippen molar-refractivity contribution in [2.24, 2.45) is 0 Å². The van der Waals surface area contributed by atoms with E-state index in [1.165, 1.54) is 0 Å². The summed E-state index contributed by atoms with van der Waals surface area (Å²) in [5.74, 6) is -1.87. The molecule has 0 saturated heterocycles. The monoisotopic (exact) mass is 473 g/mol. The Morgan fingerprint density at radius 2 is 1.94 bits per heavy atom. The van der Waals surface area contributed by atoms with E-state index in [0.29, 0.717) is 40.4 Å². The number of hydrogen-bond donors (Lipinski definition) is 1. The second-order valence-electron chi connectivity index (χ2n) is 7.16. The third kappa shape index (κ3) is 4.93. The Labute approximate surface area is 182 Å². The van der Waals surface area contributed by atoms with Crippen molar-refractivity contribution >= 4 is 43.7 Å². The standard InChI is InChI=1S/C19H22F3N5O4S/c1-3-4-9-14-25-15-16(12-7-5-6-8-13(12)24-17(15)23)26(14)10-11-27(32(2,29)30)31-18(28)19(20,21)22/h5-8H,3-4,9-11H2,1-2H3,(H2,23,24). The van der Waals surface area contributed by atoms with Crippen LogP contribution in [0.4, 0.5) is 19.0 Å². The van der Waals surface area contributed by atoms with E-state index in [1.807, 2.05) is 6.92 Å². The van der Waals surface area contributed by atoms with Gasteiger partial charge in [0.25, 0.3) is 0 Å². The number of unbranched alkanes of at least 4 members (excludes halogenated alkanes) is 1. The largest absolute Gasteiger partial charge is 0.492 e. The normalized spacial score (nSPS) is 12.7. The van der Waals surface area contributed by atoms with Crippen LogP contribution in [0.3, 0.4) is 0 Å². The van der Waals surface area contributed by atoms with Gasteiger partial charge in [-0.3, -0.25) is 0 Å². The smallest absolute Gasteiger partial charge is 0.382 e. The molecule has 1 aromatic carbocycles. The third-order valence-corrected chi connectivity index (χ3v) is 5.73. The van der Waals surface area contributed by atoms with Crippen LogP contribution in [0.2, 0.25) is 0 Å². The van der Waals surface area contributed by atoms with Crippen molar-refractivity contribution in [3.63, 3.8) is 0 Å².